The number of nitrogens with zero attached hydrogens (tertiary/aromatic N) is 2. The van der Waals surface area contributed by atoms with Gasteiger partial charge in [0.05, 0.1) is 22.9 Å². The molecule has 0 fully saturated rings. The SMILES string of the molecule is CCOC(=O)[C@H]1CCc2sc(NC(=O)c3cc(-c4cccs4)[nH]n3)nc21. The summed E-state index contributed by atoms with van der Waals surface area (Å²) in [5, 5.41) is 12.2. The van der Waals surface area contributed by atoms with E-state index in [2.05, 4.69) is 20.5 Å². The molecule has 0 spiro atoms. The van der Waals surface area contributed by atoms with E-state index in [1.807, 2.05) is 17.5 Å². The first-order valence-corrected chi connectivity index (χ1v) is 9.92. The fraction of sp³-hybridized carbons (Fsp3) is 0.294. The number of carbonyl (C=O) groups is 2. The molecular weight excluding hydrogens is 372 g/mol. The molecule has 0 aromatic carbocycles. The number of aryl methyl sites for hydroxylation is 1. The molecule has 26 heavy (non-hydrogen) atoms. The number of esters is 1. The summed E-state index contributed by atoms with van der Waals surface area (Å²) in [6.45, 7) is 2.14. The van der Waals surface area contributed by atoms with Crippen molar-refractivity contribution in [3.63, 3.8) is 0 Å². The summed E-state index contributed by atoms with van der Waals surface area (Å²) >= 11 is 2.97. The average molecular weight is 388 g/mol. The van der Waals surface area contributed by atoms with Gasteiger partial charge in [-0.15, -0.1) is 22.7 Å². The van der Waals surface area contributed by atoms with E-state index in [0.29, 0.717) is 23.9 Å². The van der Waals surface area contributed by atoms with Crippen molar-refractivity contribution >= 4 is 39.7 Å². The van der Waals surface area contributed by atoms with E-state index in [4.69, 9.17) is 4.74 Å². The van der Waals surface area contributed by atoms with Gasteiger partial charge in [0.1, 0.15) is 5.92 Å². The lowest BCUT2D eigenvalue weighted by atomic mass is 10.1. The van der Waals surface area contributed by atoms with Crippen LogP contribution in [0, 0.1) is 0 Å². The smallest absolute Gasteiger partial charge is 0.315 e. The number of anilines is 1. The lowest BCUT2D eigenvalue weighted by Gasteiger charge is -2.07. The Balaban J connectivity index is 1.48. The first-order valence-electron chi connectivity index (χ1n) is 8.22. The quantitative estimate of drug-likeness (QED) is 0.653. The molecule has 2 N–H and O–H groups in total. The van der Waals surface area contributed by atoms with Crippen LogP contribution in [-0.4, -0.2) is 33.7 Å². The number of thiophene rings is 1. The van der Waals surface area contributed by atoms with Crippen molar-refractivity contribution in [3.05, 3.63) is 39.8 Å². The van der Waals surface area contributed by atoms with Crippen molar-refractivity contribution in [1.29, 1.82) is 0 Å². The third kappa shape index (κ3) is 3.15. The Morgan fingerprint density at radius 3 is 3.12 bits per heavy atom. The maximum atomic E-state index is 12.4. The zero-order valence-corrected chi connectivity index (χ0v) is 15.6. The molecule has 0 radical (unpaired) electrons. The maximum absolute atomic E-state index is 12.4. The van der Waals surface area contributed by atoms with Crippen molar-refractivity contribution in [2.75, 3.05) is 11.9 Å². The Morgan fingerprint density at radius 1 is 1.46 bits per heavy atom. The molecule has 1 atom stereocenters. The highest BCUT2D eigenvalue weighted by Gasteiger charge is 2.33. The maximum Gasteiger partial charge on any atom is 0.315 e. The molecule has 0 aliphatic heterocycles. The van der Waals surface area contributed by atoms with Gasteiger partial charge in [0.25, 0.3) is 5.91 Å². The molecule has 0 bridgehead atoms. The van der Waals surface area contributed by atoms with Crippen LogP contribution in [-0.2, 0) is 16.0 Å². The van der Waals surface area contributed by atoms with Gasteiger partial charge in [-0.05, 0) is 37.3 Å². The molecule has 1 amide bonds. The second kappa shape index (κ2) is 7.00. The van der Waals surface area contributed by atoms with Gasteiger partial charge < -0.3 is 4.74 Å². The number of aromatic amines is 1. The van der Waals surface area contributed by atoms with Gasteiger partial charge in [0, 0.05) is 4.88 Å². The minimum atomic E-state index is -0.331. The van der Waals surface area contributed by atoms with Crippen molar-refractivity contribution in [2.45, 2.75) is 25.7 Å². The molecular formula is C17H16N4O3S2. The van der Waals surface area contributed by atoms with Crippen LogP contribution >= 0.6 is 22.7 Å². The van der Waals surface area contributed by atoms with Crippen LogP contribution in [0.15, 0.2) is 23.6 Å². The number of H-pyrrole nitrogens is 1. The number of aromatic nitrogens is 3. The molecule has 0 saturated heterocycles. The Hall–Kier alpha value is -2.52. The van der Waals surface area contributed by atoms with Crippen LogP contribution in [0.1, 0.15) is 40.3 Å². The van der Waals surface area contributed by atoms with Gasteiger partial charge in [0.2, 0.25) is 0 Å². The van der Waals surface area contributed by atoms with Crippen LogP contribution in [0.25, 0.3) is 10.6 Å². The van der Waals surface area contributed by atoms with E-state index in [0.717, 1.165) is 27.6 Å². The first kappa shape index (κ1) is 16.9. The number of hydrogen-bond donors (Lipinski definition) is 2. The molecule has 4 rings (SSSR count). The Bertz CT molecular complexity index is 945. The summed E-state index contributed by atoms with van der Waals surface area (Å²) in [4.78, 5) is 30.9. The van der Waals surface area contributed by atoms with Crippen LogP contribution in [0.4, 0.5) is 5.13 Å². The van der Waals surface area contributed by atoms with E-state index in [9.17, 15) is 9.59 Å². The molecule has 0 saturated carbocycles. The molecule has 134 valence electrons. The molecule has 1 aliphatic carbocycles. The first-order chi connectivity index (χ1) is 12.7. The molecule has 3 heterocycles. The number of nitrogens with one attached hydrogen (secondary N) is 2. The summed E-state index contributed by atoms with van der Waals surface area (Å²) in [6, 6.07) is 5.61. The van der Waals surface area contributed by atoms with E-state index in [-0.39, 0.29) is 17.8 Å². The summed E-state index contributed by atoms with van der Waals surface area (Å²) < 4.78 is 5.11. The number of carbonyl (C=O) groups excluding carboxylic acids is 2. The normalized spacial score (nSPS) is 15.7. The number of rotatable bonds is 5. The number of ether oxygens (including phenoxy) is 1. The average Bonchev–Trinajstić information content (AvgIpc) is 3.37. The topological polar surface area (TPSA) is 97.0 Å². The summed E-state index contributed by atoms with van der Waals surface area (Å²) in [7, 11) is 0. The van der Waals surface area contributed by atoms with Crippen molar-refractivity contribution < 1.29 is 14.3 Å². The number of fused-ring (bicyclic) bond motifs is 1. The van der Waals surface area contributed by atoms with Gasteiger partial charge in [-0.1, -0.05) is 6.07 Å². The van der Waals surface area contributed by atoms with Crippen molar-refractivity contribution in [1.82, 2.24) is 15.2 Å². The molecule has 7 nitrogen and oxygen atoms in total. The molecule has 0 unspecified atom stereocenters. The van der Waals surface area contributed by atoms with Gasteiger partial charge in [0.15, 0.2) is 10.8 Å². The molecule has 3 aromatic heterocycles. The second-order valence-corrected chi connectivity index (χ2v) is 7.80. The lowest BCUT2D eigenvalue weighted by Crippen LogP contribution is -2.15. The van der Waals surface area contributed by atoms with Gasteiger partial charge in [-0.3, -0.25) is 20.0 Å². The van der Waals surface area contributed by atoms with E-state index >= 15 is 0 Å². The van der Waals surface area contributed by atoms with Crippen LogP contribution in [0.5, 0.6) is 0 Å². The standard InChI is InChI=1S/C17H16N4O3S2/c1-2-24-16(23)9-5-6-13-14(9)18-17(26-13)19-15(22)11-8-10(20-21-11)12-4-3-7-25-12/h3-4,7-9H,2,5-6H2,1H3,(H,20,21)(H,18,19,22)/t9-/m0/s1. The summed E-state index contributed by atoms with van der Waals surface area (Å²) in [5.41, 5.74) is 1.82. The molecule has 9 heteroatoms. The zero-order chi connectivity index (χ0) is 18.1. The van der Waals surface area contributed by atoms with Crippen LogP contribution < -0.4 is 5.32 Å². The summed E-state index contributed by atoms with van der Waals surface area (Å²) in [5.74, 6) is -0.908. The number of hydrogen-bond acceptors (Lipinski definition) is 7. The zero-order valence-electron chi connectivity index (χ0n) is 13.9. The highest BCUT2D eigenvalue weighted by atomic mass is 32.1. The third-order valence-corrected chi connectivity index (χ3v) is 6.06. The molecule has 3 aromatic rings. The van der Waals surface area contributed by atoms with E-state index < -0.39 is 0 Å². The van der Waals surface area contributed by atoms with Crippen LogP contribution in [0.2, 0.25) is 0 Å². The monoisotopic (exact) mass is 388 g/mol. The third-order valence-electron chi connectivity index (χ3n) is 4.11. The fourth-order valence-corrected chi connectivity index (χ4v) is 4.64. The van der Waals surface area contributed by atoms with Gasteiger partial charge in [-0.25, -0.2) is 4.98 Å². The number of amides is 1. The highest BCUT2D eigenvalue weighted by Crippen LogP contribution is 2.39. The number of thiazole rings is 1. The van der Waals surface area contributed by atoms with Gasteiger partial charge >= 0.3 is 5.97 Å². The van der Waals surface area contributed by atoms with Crippen molar-refractivity contribution in [2.24, 2.45) is 0 Å². The predicted octanol–water partition coefficient (Wildman–Crippen LogP) is 3.44. The highest BCUT2D eigenvalue weighted by molar-refractivity contribution is 7.16. The minimum absolute atomic E-state index is 0.248. The largest absolute Gasteiger partial charge is 0.465 e. The lowest BCUT2D eigenvalue weighted by molar-refractivity contribution is -0.145. The summed E-state index contributed by atoms with van der Waals surface area (Å²) in [6.07, 6.45) is 1.49. The van der Waals surface area contributed by atoms with Crippen molar-refractivity contribution in [3.8, 4) is 10.6 Å². The van der Waals surface area contributed by atoms with E-state index in [1.165, 1.54) is 11.3 Å². The molecule has 1 aliphatic rings. The predicted molar refractivity (Wildman–Crippen MR) is 99.7 cm³/mol. The fourth-order valence-electron chi connectivity index (χ4n) is 2.91. The Kier molecular flexibility index (Phi) is 4.56. The Morgan fingerprint density at radius 2 is 2.35 bits per heavy atom. The van der Waals surface area contributed by atoms with E-state index in [1.54, 1.807) is 24.3 Å². The minimum Gasteiger partial charge on any atom is -0.465 e. The van der Waals surface area contributed by atoms with Crippen LogP contribution in [0.3, 0.4) is 0 Å². The van der Waals surface area contributed by atoms with Gasteiger partial charge in [-0.2, -0.15) is 5.10 Å². The second-order valence-electron chi connectivity index (χ2n) is 5.77. The Labute approximate surface area is 157 Å².